The van der Waals surface area contributed by atoms with Crippen LogP contribution < -0.4 is 5.32 Å². The Morgan fingerprint density at radius 3 is 2.67 bits per heavy atom. The summed E-state index contributed by atoms with van der Waals surface area (Å²) in [7, 11) is 0. The molecular formula is C12H17N3O3. The molecule has 0 spiro atoms. The van der Waals surface area contributed by atoms with E-state index in [9.17, 15) is 14.7 Å². The highest BCUT2D eigenvalue weighted by Gasteiger charge is 2.42. The monoisotopic (exact) mass is 251 g/mol. The Labute approximate surface area is 105 Å². The number of rotatable bonds is 4. The van der Waals surface area contributed by atoms with Gasteiger partial charge in [0.2, 0.25) is 0 Å². The third-order valence-electron chi connectivity index (χ3n) is 3.46. The molecule has 0 aliphatic heterocycles. The third kappa shape index (κ3) is 2.23. The van der Waals surface area contributed by atoms with Crippen molar-refractivity contribution in [1.29, 1.82) is 0 Å². The molecule has 1 aromatic rings. The number of aliphatic carboxylic acids is 1. The number of aryl methyl sites for hydroxylation is 1. The fraction of sp³-hybridized carbons (Fsp3) is 0.583. The number of carboxylic acid groups (broad SMARTS) is 1. The first-order valence-electron chi connectivity index (χ1n) is 6.17. The summed E-state index contributed by atoms with van der Waals surface area (Å²) in [6, 6.07) is 1.65. The molecule has 1 aromatic heterocycles. The van der Waals surface area contributed by atoms with Crippen LogP contribution in [0, 0.1) is 0 Å². The van der Waals surface area contributed by atoms with Gasteiger partial charge in [-0.05, 0) is 25.3 Å². The van der Waals surface area contributed by atoms with Crippen LogP contribution in [-0.4, -0.2) is 32.7 Å². The van der Waals surface area contributed by atoms with E-state index in [1.807, 2.05) is 6.92 Å². The predicted octanol–water partition coefficient (Wildman–Crippen LogP) is 1.10. The molecule has 0 bridgehead atoms. The van der Waals surface area contributed by atoms with E-state index in [0.29, 0.717) is 12.8 Å². The number of amides is 1. The van der Waals surface area contributed by atoms with Crippen LogP contribution in [0.25, 0.3) is 0 Å². The average molecular weight is 251 g/mol. The van der Waals surface area contributed by atoms with Gasteiger partial charge in [-0.15, -0.1) is 0 Å². The molecule has 1 saturated carbocycles. The van der Waals surface area contributed by atoms with Crippen LogP contribution in [0.5, 0.6) is 0 Å². The summed E-state index contributed by atoms with van der Waals surface area (Å²) >= 11 is 0. The van der Waals surface area contributed by atoms with E-state index in [0.717, 1.165) is 25.0 Å². The maximum atomic E-state index is 12.0. The van der Waals surface area contributed by atoms with Crippen LogP contribution in [0.15, 0.2) is 6.07 Å². The minimum atomic E-state index is -1.11. The van der Waals surface area contributed by atoms with Crippen molar-refractivity contribution in [2.24, 2.45) is 0 Å². The average Bonchev–Trinajstić information content (AvgIpc) is 2.97. The molecule has 1 aliphatic carbocycles. The van der Waals surface area contributed by atoms with Gasteiger partial charge >= 0.3 is 5.97 Å². The molecule has 1 amide bonds. The van der Waals surface area contributed by atoms with Crippen molar-refractivity contribution in [3.63, 3.8) is 0 Å². The molecular weight excluding hydrogens is 234 g/mol. The maximum Gasteiger partial charge on any atom is 0.329 e. The number of nitrogens with zero attached hydrogens (tertiary/aromatic N) is 1. The van der Waals surface area contributed by atoms with Crippen molar-refractivity contribution in [2.45, 2.75) is 44.6 Å². The summed E-state index contributed by atoms with van der Waals surface area (Å²) in [6.07, 6.45) is 3.38. The van der Waals surface area contributed by atoms with Gasteiger partial charge in [0, 0.05) is 5.69 Å². The number of carbonyl (C=O) groups is 2. The summed E-state index contributed by atoms with van der Waals surface area (Å²) < 4.78 is 0. The lowest BCUT2D eigenvalue weighted by atomic mass is 9.97. The van der Waals surface area contributed by atoms with Crippen LogP contribution in [0.2, 0.25) is 0 Å². The fourth-order valence-electron chi connectivity index (χ4n) is 2.31. The minimum Gasteiger partial charge on any atom is -0.480 e. The SMILES string of the molecule is CCc1cc(C(=O)NC2(C(=O)O)CCCC2)n[nH]1. The second-order valence-electron chi connectivity index (χ2n) is 4.68. The van der Waals surface area contributed by atoms with Gasteiger partial charge in [0.15, 0.2) is 0 Å². The zero-order chi connectivity index (χ0) is 13.2. The summed E-state index contributed by atoms with van der Waals surface area (Å²) in [5.74, 6) is -1.38. The summed E-state index contributed by atoms with van der Waals surface area (Å²) in [6.45, 7) is 1.95. The van der Waals surface area contributed by atoms with Gasteiger partial charge in [0.25, 0.3) is 5.91 Å². The Bertz CT molecular complexity index is 461. The molecule has 18 heavy (non-hydrogen) atoms. The van der Waals surface area contributed by atoms with Crippen LogP contribution in [0.3, 0.4) is 0 Å². The highest BCUT2D eigenvalue weighted by atomic mass is 16.4. The van der Waals surface area contributed by atoms with Gasteiger partial charge in [-0.2, -0.15) is 5.10 Å². The highest BCUT2D eigenvalue weighted by Crippen LogP contribution is 2.30. The number of carboxylic acids is 1. The lowest BCUT2D eigenvalue weighted by Gasteiger charge is -2.24. The number of hydrogen-bond donors (Lipinski definition) is 3. The van der Waals surface area contributed by atoms with Crippen molar-refractivity contribution in [3.8, 4) is 0 Å². The summed E-state index contributed by atoms with van der Waals surface area (Å²) in [5, 5.41) is 18.5. The number of hydrogen-bond acceptors (Lipinski definition) is 3. The Morgan fingerprint density at radius 1 is 1.50 bits per heavy atom. The fourth-order valence-corrected chi connectivity index (χ4v) is 2.31. The maximum absolute atomic E-state index is 12.0. The van der Waals surface area contributed by atoms with Gasteiger partial charge < -0.3 is 10.4 Å². The lowest BCUT2D eigenvalue weighted by molar-refractivity contribution is -0.144. The molecule has 6 nitrogen and oxygen atoms in total. The van der Waals surface area contributed by atoms with Crippen molar-refractivity contribution < 1.29 is 14.7 Å². The van der Waals surface area contributed by atoms with Crippen molar-refractivity contribution in [2.75, 3.05) is 0 Å². The summed E-state index contributed by atoms with van der Waals surface area (Å²) in [4.78, 5) is 23.3. The second-order valence-corrected chi connectivity index (χ2v) is 4.68. The highest BCUT2D eigenvalue weighted by molar-refractivity contribution is 5.96. The molecule has 1 heterocycles. The molecule has 1 aliphatic rings. The van der Waals surface area contributed by atoms with E-state index in [-0.39, 0.29) is 5.69 Å². The van der Waals surface area contributed by atoms with Crippen LogP contribution >= 0.6 is 0 Å². The van der Waals surface area contributed by atoms with E-state index < -0.39 is 17.4 Å². The Kier molecular flexibility index (Phi) is 3.36. The molecule has 2 rings (SSSR count). The molecule has 0 unspecified atom stereocenters. The Balaban J connectivity index is 2.12. The number of carbonyl (C=O) groups excluding carboxylic acids is 1. The van der Waals surface area contributed by atoms with Crippen LogP contribution in [0.4, 0.5) is 0 Å². The lowest BCUT2D eigenvalue weighted by Crippen LogP contribution is -2.52. The van der Waals surface area contributed by atoms with Gasteiger partial charge in [-0.1, -0.05) is 19.8 Å². The Morgan fingerprint density at radius 2 is 2.17 bits per heavy atom. The number of aromatic nitrogens is 2. The normalized spacial score (nSPS) is 17.6. The van der Waals surface area contributed by atoms with Crippen molar-refractivity contribution >= 4 is 11.9 Å². The van der Waals surface area contributed by atoms with E-state index in [4.69, 9.17) is 0 Å². The molecule has 1 fully saturated rings. The van der Waals surface area contributed by atoms with Crippen LogP contribution in [-0.2, 0) is 11.2 Å². The third-order valence-corrected chi connectivity index (χ3v) is 3.46. The van der Waals surface area contributed by atoms with Crippen molar-refractivity contribution in [1.82, 2.24) is 15.5 Å². The van der Waals surface area contributed by atoms with Gasteiger partial charge in [-0.3, -0.25) is 9.89 Å². The molecule has 98 valence electrons. The van der Waals surface area contributed by atoms with E-state index >= 15 is 0 Å². The molecule has 0 aromatic carbocycles. The first-order valence-corrected chi connectivity index (χ1v) is 6.17. The van der Waals surface area contributed by atoms with Gasteiger partial charge in [0.05, 0.1) is 0 Å². The Hall–Kier alpha value is -1.85. The van der Waals surface area contributed by atoms with Gasteiger partial charge in [-0.25, -0.2) is 4.79 Å². The molecule has 0 saturated heterocycles. The molecule has 0 radical (unpaired) electrons. The zero-order valence-electron chi connectivity index (χ0n) is 10.3. The largest absolute Gasteiger partial charge is 0.480 e. The quantitative estimate of drug-likeness (QED) is 0.746. The van der Waals surface area contributed by atoms with E-state index in [2.05, 4.69) is 15.5 Å². The topological polar surface area (TPSA) is 95.1 Å². The second kappa shape index (κ2) is 4.80. The number of nitrogens with one attached hydrogen (secondary N) is 2. The number of H-pyrrole nitrogens is 1. The van der Waals surface area contributed by atoms with Crippen LogP contribution in [0.1, 0.15) is 48.8 Å². The zero-order valence-corrected chi connectivity index (χ0v) is 10.3. The smallest absolute Gasteiger partial charge is 0.329 e. The first-order chi connectivity index (χ1) is 8.57. The molecule has 3 N–H and O–H groups in total. The molecule has 6 heteroatoms. The predicted molar refractivity (Wildman–Crippen MR) is 64.3 cm³/mol. The number of aromatic amines is 1. The van der Waals surface area contributed by atoms with E-state index in [1.54, 1.807) is 6.07 Å². The van der Waals surface area contributed by atoms with E-state index in [1.165, 1.54) is 0 Å². The summed E-state index contributed by atoms with van der Waals surface area (Å²) in [5.41, 5.74) is -0.00194. The minimum absolute atomic E-state index is 0.249. The van der Waals surface area contributed by atoms with Crippen molar-refractivity contribution in [3.05, 3.63) is 17.5 Å². The molecule has 0 atom stereocenters. The first kappa shape index (κ1) is 12.6. The van der Waals surface area contributed by atoms with Gasteiger partial charge in [0.1, 0.15) is 11.2 Å². The standard InChI is InChI=1S/C12H17N3O3/c1-2-8-7-9(15-14-8)10(16)13-12(11(17)18)5-3-4-6-12/h7H,2-6H2,1H3,(H,13,16)(H,14,15)(H,17,18).